The fourth-order valence-corrected chi connectivity index (χ4v) is 3.80. The van der Waals surface area contributed by atoms with Gasteiger partial charge in [-0.15, -0.1) is 0 Å². The summed E-state index contributed by atoms with van der Waals surface area (Å²) >= 11 is 0. The number of aromatic nitrogens is 2. The molecular formula is C26H26N4O3. The van der Waals surface area contributed by atoms with E-state index in [-0.39, 0.29) is 17.6 Å². The van der Waals surface area contributed by atoms with Crippen LogP contribution in [0.4, 0.5) is 0 Å². The van der Waals surface area contributed by atoms with Crippen molar-refractivity contribution in [2.24, 2.45) is 0 Å². The molecule has 4 aromatic rings. The van der Waals surface area contributed by atoms with Crippen LogP contribution < -0.4 is 5.32 Å². The van der Waals surface area contributed by atoms with Crippen molar-refractivity contribution in [1.82, 2.24) is 20.4 Å². The maximum atomic E-state index is 13.1. The van der Waals surface area contributed by atoms with Gasteiger partial charge in [0.15, 0.2) is 0 Å². The zero-order valence-electron chi connectivity index (χ0n) is 18.7. The Morgan fingerprint density at radius 1 is 0.970 bits per heavy atom. The SMILES string of the molecule is CNC(=O)c1noc([C@@H](Cc2ccccc2)N(C)C(=O)CCc2ccc3ccccc3c2)n1. The fourth-order valence-electron chi connectivity index (χ4n) is 3.80. The third-order valence-electron chi connectivity index (χ3n) is 5.73. The molecule has 0 saturated carbocycles. The highest BCUT2D eigenvalue weighted by molar-refractivity contribution is 5.90. The van der Waals surface area contributed by atoms with Gasteiger partial charge >= 0.3 is 0 Å². The standard InChI is InChI=1S/C26H26N4O3/c1-27-25(32)24-28-26(33-29-24)22(17-18-8-4-3-5-9-18)30(2)23(31)15-13-19-12-14-20-10-6-7-11-21(20)16-19/h3-12,14,16,22H,13,15,17H2,1-2H3,(H,27,32)/t22-/m1/s1. The van der Waals surface area contributed by atoms with Gasteiger partial charge in [0, 0.05) is 26.9 Å². The van der Waals surface area contributed by atoms with Gasteiger partial charge in [-0.3, -0.25) is 9.59 Å². The molecule has 7 nitrogen and oxygen atoms in total. The molecule has 1 aromatic heterocycles. The normalized spacial score (nSPS) is 11.8. The minimum absolute atomic E-state index is 0.0382. The van der Waals surface area contributed by atoms with Gasteiger partial charge in [0.25, 0.3) is 11.7 Å². The summed E-state index contributed by atoms with van der Waals surface area (Å²) in [7, 11) is 3.24. The first kappa shape index (κ1) is 22.2. The number of hydrogen-bond donors (Lipinski definition) is 1. The topological polar surface area (TPSA) is 88.3 Å². The van der Waals surface area contributed by atoms with Gasteiger partial charge in [0.05, 0.1) is 0 Å². The van der Waals surface area contributed by atoms with Crippen LogP contribution in [0.3, 0.4) is 0 Å². The quantitative estimate of drug-likeness (QED) is 0.446. The first-order valence-corrected chi connectivity index (χ1v) is 10.9. The highest BCUT2D eigenvalue weighted by atomic mass is 16.5. The zero-order valence-corrected chi connectivity index (χ0v) is 18.7. The minimum Gasteiger partial charge on any atom is -0.352 e. The summed E-state index contributed by atoms with van der Waals surface area (Å²) in [5.41, 5.74) is 2.13. The number of fused-ring (bicyclic) bond motifs is 1. The lowest BCUT2D eigenvalue weighted by molar-refractivity contribution is -0.132. The number of nitrogens with zero attached hydrogens (tertiary/aromatic N) is 3. The summed E-state index contributed by atoms with van der Waals surface area (Å²) in [6, 6.07) is 23.7. The Balaban J connectivity index is 1.51. The molecule has 168 valence electrons. The van der Waals surface area contributed by atoms with Crippen LogP contribution in [0.25, 0.3) is 10.8 Å². The number of likely N-dealkylation sites (N-methyl/N-ethyl adjacent to an activating group) is 1. The summed E-state index contributed by atoms with van der Waals surface area (Å²) in [5.74, 6) is -0.292. The molecule has 7 heteroatoms. The van der Waals surface area contributed by atoms with Crippen LogP contribution >= 0.6 is 0 Å². The molecule has 2 amide bonds. The zero-order chi connectivity index (χ0) is 23.2. The third kappa shape index (κ3) is 5.26. The van der Waals surface area contributed by atoms with E-state index >= 15 is 0 Å². The summed E-state index contributed by atoms with van der Waals surface area (Å²) < 4.78 is 5.39. The van der Waals surface area contributed by atoms with Crippen molar-refractivity contribution in [2.45, 2.75) is 25.3 Å². The van der Waals surface area contributed by atoms with Gasteiger partial charge in [-0.2, -0.15) is 4.98 Å². The van der Waals surface area contributed by atoms with Crippen LogP contribution in [0.15, 0.2) is 77.3 Å². The van der Waals surface area contributed by atoms with Crippen LogP contribution in [0, 0.1) is 0 Å². The Bertz CT molecular complexity index is 1250. The van der Waals surface area contributed by atoms with Gasteiger partial charge in [-0.1, -0.05) is 78.0 Å². The molecule has 0 aliphatic carbocycles. The summed E-state index contributed by atoms with van der Waals surface area (Å²) in [5, 5.41) is 8.59. The molecule has 3 aromatic carbocycles. The van der Waals surface area contributed by atoms with Crippen molar-refractivity contribution in [2.75, 3.05) is 14.1 Å². The molecule has 1 atom stereocenters. The van der Waals surface area contributed by atoms with E-state index in [0.29, 0.717) is 19.3 Å². The average Bonchev–Trinajstić information content (AvgIpc) is 3.35. The number of benzene rings is 3. The maximum Gasteiger partial charge on any atom is 0.292 e. The van der Waals surface area contributed by atoms with Gasteiger partial charge in [-0.25, -0.2) is 0 Å². The number of carbonyl (C=O) groups is 2. The van der Waals surface area contributed by atoms with E-state index in [4.69, 9.17) is 4.52 Å². The van der Waals surface area contributed by atoms with Crippen LogP contribution in [0.1, 0.15) is 40.1 Å². The molecule has 33 heavy (non-hydrogen) atoms. The van der Waals surface area contributed by atoms with Crippen LogP contribution in [0.5, 0.6) is 0 Å². The smallest absolute Gasteiger partial charge is 0.292 e. The van der Waals surface area contributed by atoms with E-state index in [2.05, 4.69) is 45.8 Å². The summed E-state index contributed by atoms with van der Waals surface area (Å²) in [6.07, 6.45) is 1.46. The lowest BCUT2D eigenvalue weighted by Crippen LogP contribution is -2.33. The van der Waals surface area contributed by atoms with Crippen molar-refractivity contribution < 1.29 is 14.1 Å². The van der Waals surface area contributed by atoms with Crippen LogP contribution in [-0.4, -0.2) is 41.0 Å². The fraction of sp³-hybridized carbons (Fsp3) is 0.231. The van der Waals surface area contributed by atoms with Crippen molar-refractivity contribution in [3.8, 4) is 0 Å². The van der Waals surface area contributed by atoms with Crippen molar-refractivity contribution in [3.05, 3.63) is 95.6 Å². The van der Waals surface area contributed by atoms with Gasteiger partial charge in [0.1, 0.15) is 6.04 Å². The van der Waals surface area contributed by atoms with E-state index in [1.807, 2.05) is 42.5 Å². The summed E-state index contributed by atoms with van der Waals surface area (Å²) in [6.45, 7) is 0. The largest absolute Gasteiger partial charge is 0.352 e. The second-order valence-electron chi connectivity index (χ2n) is 7.93. The predicted octanol–water partition coefficient (Wildman–Crippen LogP) is 3.96. The lowest BCUT2D eigenvalue weighted by atomic mass is 10.0. The highest BCUT2D eigenvalue weighted by Gasteiger charge is 2.28. The van der Waals surface area contributed by atoms with Crippen molar-refractivity contribution in [3.63, 3.8) is 0 Å². The Hall–Kier alpha value is -4.00. The molecule has 0 spiro atoms. The monoisotopic (exact) mass is 442 g/mol. The Morgan fingerprint density at radius 2 is 1.70 bits per heavy atom. The second-order valence-corrected chi connectivity index (χ2v) is 7.93. The van der Waals surface area contributed by atoms with E-state index in [9.17, 15) is 9.59 Å². The molecule has 4 rings (SSSR count). The van der Waals surface area contributed by atoms with Crippen molar-refractivity contribution in [1.29, 1.82) is 0 Å². The summed E-state index contributed by atoms with van der Waals surface area (Å²) in [4.78, 5) is 30.9. The first-order valence-electron chi connectivity index (χ1n) is 10.9. The highest BCUT2D eigenvalue weighted by Crippen LogP contribution is 2.24. The average molecular weight is 443 g/mol. The molecule has 0 aliphatic heterocycles. The maximum absolute atomic E-state index is 13.1. The Morgan fingerprint density at radius 3 is 2.45 bits per heavy atom. The molecule has 0 aliphatic rings. The molecule has 0 unspecified atom stereocenters. The number of aryl methyl sites for hydroxylation is 1. The molecule has 0 radical (unpaired) electrons. The number of rotatable bonds is 8. The number of hydrogen-bond acceptors (Lipinski definition) is 5. The number of nitrogens with one attached hydrogen (secondary N) is 1. The molecule has 0 bridgehead atoms. The van der Waals surface area contributed by atoms with Gasteiger partial charge in [-0.05, 0) is 28.3 Å². The molecular weight excluding hydrogens is 416 g/mol. The minimum atomic E-state index is -0.484. The Labute approximate surface area is 192 Å². The molecule has 1 N–H and O–H groups in total. The van der Waals surface area contributed by atoms with E-state index in [1.165, 1.54) is 12.4 Å². The van der Waals surface area contributed by atoms with E-state index in [0.717, 1.165) is 16.5 Å². The van der Waals surface area contributed by atoms with Gasteiger partial charge in [0.2, 0.25) is 11.8 Å². The van der Waals surface area contributed by atoms with E-state index < -0.39 is 11.9 Å². The third-order valence-corrected chi connectivity index (χ3v) is 5.73. The molecule has 1 heterocycles. The Kier molecular flexibility index (Phi) is 6.78. The number of carbonyl (C=O) groups excluding carboxylic acids is 2. The van der Waals surface area contributed by atoms with Gasteiger partial charge < -0.3 is 14.7 Å². The molecule has 0 saturated heterocycles. The lowest BCUT2D eigenvalue weighted by Gasteiger charge is -2.25. The van der Waals surface area contributed by atoms with Crippen LogP contribution in [0.2, 0.25) is 0 Å². The molecule has 0 fully saturated rings. The van der Waals surface area contributed by atoms with E-state index in [1.54, 1.807) is 11.9 Å². The van der Waals surface area contributed by atoms with Crippen LogP contribution in [-0.2, 0) is 17.6 Å². The second kappa shape index (κ2) is 10.1. The number of amides is 2. The first-order chi connectivity index (χ1) is 16.0. The van der Waals surface area contributed by atoms with Crippen molar-refractivity contribution >= 4 is 22.6 Å². The predicted molar refractivity (Wildman–Crippen MR) is 126 cm³/mol.